The van der Waals surface area contributed by atoms with Crippen LogP contribution < -0.4 is 16.2 Å². The van der Waals surface area contributed by atoms with Gasteiger partial charge in [-0.15, -0.1) is 0 Å². The number of thioether (sulfide) groups is 1. The van der Waals surface area contributed by atoms with Crippen LogP contribution in [0.15, 0.2) is 32.6 Å². The van der Waals surface area contributed by atoms with E-state index in [4.69, 9.17) is 0 Å². The molecule has 1 heterocycles. The average Bonchev–Trinajstić information content (AvgIpc) is 2.58. The van der Waals surface area contributed by atoms with Gasteiger partial charge >= 0.3 is 6.03 Å². The van der Waals surface area contributed by atoms with Gasteiger partial charge in [0.2, 0.25) is 5.91 Å². The topological polar surface area (TPSA) is 93.1 Å². The molecule has 0 aliphatic heterocycles. The molecule has 0 aliphatic carbocycles. The number of halogens is 1. The lowest BCUT2D eigenvalue weighted by Crippen LogP contribution is -2.41. The summed E-state index contributed by atoms with van der Waals surface area (Å²) in [7, 11) is 1.43. The molecule has 26 heavy (non-hydrogen) atoms. The molecule has 140 valence electrons. The van der Waals surface area contributed by atoms with Gasteiger partial charge in [-0.3, -0.25) is 19.5 Å². The van der Waals surface area contributed by atoms with Crippen molar-refractivity contribution in [2.75, 3.05) is 7.05 Å². The zero-order chi connectivity index (χ0) is 19.4. The van der Waals surface area contributed by atoms with Gasteiger partial charge in [-0.25, -0.2) is 9.78 Å². The fourth-order valence-electron chi connectivity index (χ4n) is 2.28. The Labute approximate surface area is 164 Å². The Hall–Kier alpha value is -1.87. The molecule has 7 nitrogen and oxygen atoms in total. The maximum atomic E-state index is 12.9. The summed E-state index contributed by atoms with van der Waals surface area (Å²) in [4.78, 5) is 41.0. The van der Waals surface area contributed by atoms with Crippen LogP contribution in [0.4, 0.5) is 4.79 Å². The Bertz CT molecular complexity index is 897. The fourth-order valence-corrected chi connectivity index (χ4v) is 3.56. The van der Waals surface area contributed by atoms with Crippen LogP contribution in [0, 0.1) is 5.92 Å². The molecular formula is C17H21BrN4O3S. The summed E-state index contributed by atoms with van der Waals surface area (Å²) < 4.78 is 2.40. The van der Waals surface area contributed by atoms with Crippen molar-refractivity contribution in [2.45, 2.75) is 37.7 Å². The first kappa shape index (κ1) is 20.4. The molecule has 0 fully saturated rings. The first-order valence-corrected chi connectivity index (χ1v) is 9.79. The monoisotopic (exact) mass is 440 g/mol. The van der Waals surface area contributed by atoms with Crippen molar-refractivity contribution in [3.05, 3.63) is 33.0 Å². The highest BCUT2D eigenvalue weighted by atomic mass is 79.9. The lowest BCUT2D eigenvalue weighted by molar-refractivity contribution is -0.119. The summed E-state index contributed by atoms with van der Waals surface area (Å²) in [5, 5.41) is 4.96. The molecule has 1 aromatic carbocycles. The van der Waals surface area contributed by atoms with Crippen LogP contribution in [-0.4, -0.2) is 33.8 Å². The Kier molecular flexibility index (Phi) is 6.82. The highest BCUT2D eigenvalue weighted by Crippen LogP contribution is 2.24. The Morgan fingerprint density at radius 1 is 1.31 bits per heavy atom. The second-order valence-electron chi connectivity index (χ2n) is 6.19. The van der Waals surface area contributed by atoms with Crippen LogP contribution in [-0.2, 0) is 11.3 Å². The first-order valence-electron chi connectivity index (χ1n) is 8.12. The Balaban J connectivity index is 2.44. The summed E-state index contributed by atoms with van der Waals surface area (Å²) in [6.07, 6.45) is 0. The van der Waals surface area contributed by atoms with Crippen molar-refractivity contribution in [1.29, 1.82) is 0 Å². The summed E-state index contributed by atoms with van der Waals surface area (Å²) >= 11 is 4.53. The van der Waals surface area contributed by atoms with Gasteiger partial charge in [-0.1, -0.05) is 41.5 Å². The normalized spacial score (nSPS) is 12.2. The lowest BCUT2D eigenvalue weighted by Gasteiger charge is -2.17. The van der Waals surface area contributed by atoms with Gasteiger partial charge in [0.05, 0.1) is 16.2 Å². The van der Waals surface area contributed by atoms with E-state index >= 15 is 0 Å². The standard InChI is InChI=1S/C17H21BrN4O3S/c1-9(2)8-22-15(24)12-7-11(18)5-6-13(12)20-17(22)26-10(3)14(23)21-16(25)19-4/h5-7,9-10H,8H2,1-4H3,(H2,19,21,23,25). The van der Waals surface area contributed by atoms with Gasteiger partial charge in [-0.05, 0) is 31.0 Å². The van der Waals surface area contributed by atoms with Gasteiger partial charge in [0, 0.05) is 18.1 Å². The molecule has 0 spiro atoms. The number of fused-ring (bicyclic) bond motifs is 1. The Morgan fingerprint density at radius 2 is 2.00 bits per heavy atom. The highest BCUT2D eigenvalue weighted by molar-refractivity contribution is 9.10. The third kappa shape index (κ3) is 4.85. The third-order valence-corrected chi connectivity index (χ3v) is 5.13. The predicted octanol–water partition coefficient (Wildman–Crippen LogP) is 2.75. The van der Waals surface area contributed by atoms with Crippen LogP contribution in [0.1, 0.15) is 20.8 Å². The quantitative estimate of drug-likeness (QED) is 0.550. The Morgan fingerprint density at radius 3 is 2.62 bits per heavy atom. The number of nitrogens with one attached hydrogen (secondary N) is 2. The number of carbonyl (C=O) groups excluding carboxylic acids is 2. The van der Waals surface area contributed by atoms with Crippen molar-refractivity contribution < 1.29 is 9.59 Å². The van der Waals surface area contributed by atoms with E-state index in [0.717, 1.165) is 16.2 Å². The molecule has 2 rings (SSSR count). The largest absolute Gasteiger partial charge is 0.341 e. The van der Waals surface area contributed by atoms with E-state index in [-0.39, 0.29) is 11.5 Å². The first-order chi connectivity index (χ1) is 12.2. The van der Waals surface area contributed by atoms with Gasteiger partial charge in [-0.2, -0.15) is 0 Å². The van der Waals surface area contributed by atoms with E-state index < -0.39 is 17.2 Å². The van der Waals surface area contributed by atoms with Crippen LogP contribution in [0.25, 0.3) is 10.9 Å². The molecule has 1 atom stereocenters. The second-order valence-corrected chi connectivity index (χ2v) is 8.42. The molecule has 2 N–H and O–H groups in total. The van der Waals surface area contributed by atoms with Crippen LogP contribution in [0.5, 0.6) is 0 Å². The van der Waals surface area contributed by atoms with Gasteiger partial charge < -0.3 is 5.32 Å². The molecular weight excluding hydrogens is 420 g/mol. The number of hydrogen-bond acceptors (Lipinski definition) is 5. The van der Waals surface area contributed by atoms with E-state index in [1.54, 1.807) is 23.6 Å². The second kappa shape index (κ2) is 8.68. The third-order valence-electron chi connectivity index (χ3n) is 3.54. The number of nitrogens with zero attached hydrogens (tertiary/aromatic N) is 2. The summed E-state index contributed by atoms with van der Waals surface area (Å²) in [5.41, 5.74) is 0.422. The van der Waals surface area contributed by atoms with Crippen molar-refractivity contribution in [1.82, 2.24) is 20.2 Å². The fraction of sp³-hybridized carbons (Fsp3) is 0.412. The van der Waals surface area contributed by atoms with Crippen LogP contribution in [0.3, 0.4) is 0 Å². The van der Waals surface area contributed by atoms with Gasteiger partial charge in [0.25, 0.3) is 5.56 Å². The number of rotatable bonds is 5. The molecule has 0 radical (unpaired) electrons. The van der Waals surface area contributed by atoms with Crippen molar-refractivity contribution in [2.24, 2.45) is 5.92 Å². The minimum absolute atomic E-state index is 0.147. The highest BCUT2D eigenvalue weighted by Gasteiger charge is 2.21. The van der Waals surface area contributed by atoms with E-state index in [0.29, 0.717) is 22.6 Å². The van der Waals surface area contributed by atoms with Crippen molar-refractivity contribution >= 4 is 50.5 Å². The summed E-state index contributed by atoms with van der Waals surface area (Å²) in [5.74, 6) is -0.218. The number of imide groups is 1. The predicted molar refractivity (Wildman–Crippen MR) is 106 cm³/mol. The number of hydrogen-bond donors (Lipinski definition) is 2. The maximum absolute atomic E-state index is 12.9. The molecule has 1 aromatic heterocycles. The minimum atomic E-state index is -0.592. The molecule has 0 saturated carbocycles. The van der Waals surface area contributed by atoms with Crippen LogP contribution >= 0.6 is 27.7 Å². The maximum Gasteiger partial charge on any atom is 0.321 e. The van der Waals surface area contributed by atoms with E-state index in [9.17, 15) is 14.4 Å². The minimum Gasteiger partial charge on any atom is -0.341 e. The van der Waals surface area contributed by atoms with Crippen molar-refractivity contribution in [3.8, 4) is 0 Å². The molecule has 3 amide bonds. The number of urea groups is 1. The number of benzene rings is 1. The van der Waals surface area contributed by atoms with E-state index in [1.165, 1.54) is 7.05 Å². The van der Waals surface area contributed by atoms with Crippen LogP contribution in [0.2, 0.25) is 0 Å². The molecule has 9 heteroatoms. The van der Waals surface area contributed by atoms with Crippen molar-refractivity contribution in [3.63, 3.8) is 0 Å². The molecule has 1 unspecified atom stereocenters. The molecule has 0 bridgehead atoms. The SMILES string of the molecule is CNC(=O)NC(=O)C(C)Sc1nc2ccc(Br)cc2c(=O)n1CC(C)C. The van der Waals surface area contributed by atoms with E-state index in [1.807, 2.05) is 19.9 Å². The van der Waals surface area contributed by atoms with Gasteiger partial charge in [0.1, 0.15) is 0 Å². The molecule has 0 saturated heterocycles. The zero-order valence-corrected chi connectivity index (χ0v) is 17.4. The number of carbonyl (C=O) groups is 2. The smallest absolute Gasteiger partial charge is 0.321 e. The van der Waals surface area contributed by atoms with E-state index in [2.05, 4.69) is 31.5 Å². The average molecular weight is 441 g/mol. The number of aromatic nitrogens is 2. The molecule has 0 aliphatic rings. The summed E-state index contributed by atoms with van der Waals surface area (Å²) in [6.45, 7) is 6.17. The van der Waals surface area contributed by atoms with Gasteiger partial charge in [0.15, 0.2) is 5.16 Å². The summed E-state index contributed by atoms with van der Waals surface area (Å²) in [6, 6.07) is 4.76. The number of amides is 3. The molecule has 2 aromatic rings. The lowest BCUT2D eigenvalue weighted by atomic mass is 10.2. The zero-order valence-electron chi connectivity index (χ0n) is 15.0.